The molecule has 0 aliphatic rings. The number of rotatable bonds is 4. The third-order valence-electron chi connectivity index (χ3n) is 2.82. The highest BCUT2D eigenvalue weighted by Gasteiger charge is 2.13. The number of nitrogens with one attached hydrogen (secondary N) is 1. The molecule has 0 spiro atoms. The van der Waals surface area contributed by atoms with E-state index in [1.165, 1.54) is 20.4 Å². The van der Waals surface area contributed by atoms with Crippen molar-refractivity contribution in [3.05, 3.63) is 42.2 Å². The van der Waals surface area contributed by atoms with Crippen LogP contribution in [0.2, 0.25) is 0 Å². The van der Waals surface area contributed by atoms with Crippen molar-refractivity contribution < 1.29 is 24.2 Å². The number of ether oxygens (including phenoxy) is 2. The lowest BCUT2D eigenvalue weighted by Gasteiger charge is -2.09. The molecule has 1 aromatic carbocycles. The monoisotopic (exact) mass is 302 g/mol. The van der Waals surface area contributed by atoms with Gasteiger partial charge in [-0.05, 0) is 18.2 Å². The SMILES string of the molecule is COC(=O)/C=C(/Nc1ccc2cc(O)cnc2c1)C(=O)OC. The second kappa shape index (κ2) is 6.57. The average molecular weight is 302 g/mol. The van der Waals surface area contributed by atoms with Crippen LogP contribution in [0.25, 0.3) is 10.9 Å². The molecule has 0 bridgehead atoms. The Balaban J connectivity index is 2.33. The topological polar surface area (TPSA) is 97.8 Å². The molecule has 2 aromatic rings. The second-order valence-electron chi connectivity index (χ2n) is 4.30. The van der Waals surface area contributed by atoms with E-state index in [0.29, 0.717) is 11.2 Å². The predicted molar refractivity (Wildman–Crippen MR) is 79.1 cm³/mol. The number of carbonyl (C=O) groups is 2. The number of hydrogen-bond donors (Lipinski definition) is 2. The van der Waals surface area contributed by atoms with Gasteiger partial charge in [0.1, 0.15) is 11.4 Å². The quantitative estimate of drug-likeness (QED) is 0.653. The first-order valence-electron chi connectivity index (χ1n) is 6.27. The third-order valence-corrected chi connectivity index (χ3v) is 2.82. The molecule has 0 aliphatic carbocycles. The van der Waals surface area contributed by atoms with Crippen LogP contribution < -0.4 is 5.32 Å². The summed E-state index contributed by atoms with van der Waals surface area (Å²) in [6.45, 7) is 0. The van der Waals surface area contributed by atoms with Gasteiger partial charge in [-0.25, -0.2) is 9.59 Å². The van der Waals surface area contributed by atoms with Gasteiger partial charge in [0.15, 0.2) is 0 Å². The fourth-order valence-corrected chi connectivity index (χ4v) is 1.78. The second-order valence-corrected chi connectivity index (χ2v) is 4.30. The zero-order valence-electron chi connectivity index (χ0n) is 12.0. The minimum Gasteiger partial charge on any atom is -0.506 e. The Labute approximate surface area is 126 Å². The van der Waals surface area contributed by atoms with Gasteiger partial charge in [-0.1, -0.05) is 6.07 Å². The summed E-state index contributed by atoms with van der Waals surface area (Å²) in [4.78, 5) is 27.0. The molecule has 0 fully saturated rings. The Hall–Kier alpha value is -3.09. The summed E-state index contributed by atoms with van der Waals surface area (Å²) >= 11 is 0. The maximum Gasteiger partial charge on any atom is 0.354 e. The molecule has 0 atom stereocenters. The number of fused-ring (bicyclic) bond motifs is 1. The van der Waals surface area contributed by atoms with Crippen LogP contribution >= 0.6 is 0 Å². The highest BCUT2D eigenvalue weighted by Crippen LogP contribution is 2.21. The lowest BCUT2D eigenvalue weighted by atomic mass is 10.2. The number of pyridine rings is 1. The van der Waals surface area contributed by atoms with Gasteiger partial charge >= 0.3 is 11.9 Å². The van der Waals surface area contributed by atoms with Crippen LogP contribution in [0.5, 0.6) is 5.75 Å². The smallest absolute Gasteiger partial charge is 0.354 e. The van der Waals surface area contributed by atoms with Crippen molar-refractivity contribution in [2.24, 2.45) is 0 Å². The standard InChI is InChI=1S/C15H14N2O5/c1-21-14(19)7-13(15(20)22-2)17-10-4-3-9-5-11(18)8-16-12(9)6-10/h3-8,17-18H,1-2H3/b13-7+. The summed E-state index contributed by atoms with van der Waals surface area (Å²) in [6.07, 6.45) is 2.32. The molecular weight excluding hydrogens is 288 g/mol. The molecule has 0 saturated carbocycles. The summed E-state index contributed by atoms with van der Waals surface area (Å²) < 4.78 is 9.10. The van der Waals surface area contributed by atoms with E-state index in [0.717, 1.165) is 11.5 Å². The Morgan fingerprint density at radius 2 is 2.00 bits per heavy atom. The van der Waals surface area contributed by atoms with E-state index >= 15 is 0 Å². The van der Waals surface area contributed by atoms with Gasteiger partial charge in [0.2, 0.25) is 0 Å². The summed E-state index contributed by atoms with van der Waals surface area (Å²) in [5, 5.41) is 12.9. The highest BCUT2D eigenvalue weighted by molar-refractivity contribution is 5.99. The molecule has 2 N–H and O–H groups in total. The molecule has 7 nitrogen and oxygen atoms in total. The number of carbonyl (C=O) groups excluding carboxylic acids is 2. The number of hydrogen-bond acceptors (Lipinski definition) is 7. The van der Waals surface area contributed by atoms with E-state index < -0.39 is 11.9 Å². The Morgan fingerprint density at radius 3 is 2.68 bits per heavy atom. The summed E-state index contributed by atoms with van der Waals surface area (Å²) in [6, 6.07) is 6.63. The van der Waals surface area contributed by atoms with Gasteiger partial charge in [-0.15, -0.1) is 0 Å². The largest absolute Gasteiger partial charge is 0.506 e. The first-order valence-corrected chi connectivity index (χ1v) is 6.27. The van der Waals surface area contributed by atoms with Crippen molar-refractivity contribution in [2.45, 2.75) is 0 Å². The molecule has 1 aromatic heterocycles. The third kappa shape index (κ3) is 3.51. The first kappa shape index (κ1) is 15.3. The number of esters is 2. The van der Waals surface area contributed by atoms with Gasteiger partial charge < -0.3 is 19.9 Å². The Bertz CT molecular complexity index is 755. The van der Waals surface area contributed by atoms with Gasteiger partial charge in [0.05, 0.1) is 32.0 Å². The van der Waals surface area contributed by atoms with Crippen LogP contribution in [-0.4, -0.2) is 36.2 Å². The highest BCUT2D eigenvalue weighted by atomic mass is 16.5. The molecule has 0 aliphatic heterocycles. The minimum absolute atomic E-state index is 0.0625. The molecule has 7 heteroatoms. The minimum atomic E-state index is -0.704. The number of benzene rings is 1. The Morgan fingerprint density at radius 1 is 1.23 bits per heavy atom. The molecule has 114 valence electrons. The molecule has 22 heavy (non-hydrogen) atoms. The average Bonchev–Trinajstić information content (AvgIpc) is 2.53. The number of nitrogens with zero attached hydrogens (tertiary/aromatic N) is 1. The van der Waals surface area contributed by atoms with E-state index in [1.807, 2.05) is 0 Å². The maximum atomic E-state index is 11.7. The molecule has 2 rings (SSSR count). The molecule has 0 unspecified atom stereocenters. The van der Waals surface area contributed by atoms with Crippen molar-refractivity contribution in [2.75, 3.05) is 19.5 Å². The van der Waals surface area contributed by atoms with Crippen LogP contribution in [0, 0.1) is 0 Å². The lowest BCUT2D eigenvalue weighted by Crippen LogP contribution is -2.15. The Kier molecular flexibility index (Phi) is 4.57. The van der Waals surface area contributed by atoms with Crippen molar-refractivity contribution >= 4 is 28.5 Å². The van der Waals surface area contributed by atoms with E-state index in [-0.39, 0.29) is 11.4 Å². The van der Waals surface area contributed by atoms with Gasteiger partial charge in [-0.2, -0.15) is 0 Å². The van der Waals surface area contributed by atoms with Crippen LogP contribution in [0.3, 0.4) is 0 Å². The number of aromatic nitrogens is 1. The van der Waals surface area contributed by atoms with Gasteiger partial charge in [0, 0.05) is 11.1 Å². The van der Waals surface area contributed by atoms with E-state index in [1.54, 1.807) is 24.3 Å². The molecule has 0 amide bonds. The molecule has 0 radical (unpaired) electrons. The number of aromatic hydroxyl groups is 1. The van der Waals surface area contributed by atoms with E-state index in [9.17, 15) is 14.7 Å². The predicted octanol–water partition coefficient (Wildman–Crippen LogP) is 1.58. The van der Waals surface area contributed by atoms with E-state index in [2.05, 4.69) is 19.8 Å². The zero-order valence-corrected chi connectivity index (χ0v) is 12.0. The molecule has 1 heterocycles. The van der Waals surface area contributed by atoms with Crippen LogP contribution in [0.15, 0.2) is 42.2 Å². The van der Waals surface area contributed by atoms with Crippen LogP contribution in [0.1, 0.15) is 0 Å². The molecular formula is C15H14N2O5. The normalized spacial score (nSPS) is 11.1. The van der Waals surface area contributed by atoms with Crippen molar-refractivity contribution in [3.63, 3.8) is 0 Å². The fourth-order valence-electron chi connectivity index (χ4n) is 1.78. The summed E-state index contributed by atoms with van der Waals surface area (Å²) in [7, 11) is 2.42. The van der Waals surface area contributed by atoms with Gasteiger partial charge in [-0.3, -0.25) is 4.98 Å². The van der Waals surface area contributed by atoms with Crippen molar-refractivity contribution in [3.8, 4) is 5.75 Å². The van der Waals surface area contributed by atoms with E-state index in [4.69, 9.17) is 0 Å². The zero-order chi connectivity index (χ0) is 16.1. The summed E-state index contributed by atoms with van der Waals surface area (Å²) in [5.41, 5.74) is 1.09. The number of anilines is 1. The van der Waals surface area contributed by atoms with Crippen molar-refractivity contribution in [1.29, 1.82) is 0 Å². The fraction of sp³-hybridized carbons (Fsp3) is 0.133. The lowest BCUT2D eigenvalue weighted by molar-refractivity contribution is -0.138. The molecule has 0 saturated heterocycles. The first-order chi connectivity index (χ1) is 10.5. The summed E-state index contributed by atoms with van der Waals surface area (Å²) in [5.74, 6) is -1.32. The maximum absolute atomic E-state index is 11.7. The van der Waals surface area contributed by atoms with Crippen LogP contribution in [0.4, 0.5) is 5.69 Å². The van der Waals surface area contributed by atoms with Crippen LogP contribution in [-0.2, 0) is 19.1 Å². The van der Waals surface area contributed by atoms with Crippen molar-refractivity contribution in [1.82, 2.24) is 4.98 Å². The number of methoxy groups -OCH3 is 2. The van der Waals surface area contributed by atoms with Gasteiger partial charge in [0.25, 0.3) is 0 Å².